The number of allylic oxidation sites excluding steroid dienone is 1. The van der Waals surface area contributed by atoms with Crippen molar-refractivity contribution in [3.63, 3.8) is 0 Å². The van der Waals surface area contributed by atoms with Crippen molar-refractivity contribution in [1.82, 2.24) is 19.7 Å². The van der Waals surface area contributed by atoms with Crippen molar-refractivity contribution in [2.45, 2.75) is 50.4 Å². The molecule has 0 bridgehead atoms. The van der Waals surface area contributed by atoms with Crippen molar-refractivity contribution in [3.05, 3.63) is 87.8 Å². The number of amides is 1. The zero-order valence-electron chi connectivity index (χ0n) is 22.6. The van der Waals surface area contributed by atoms with Gasteiger partial charge in [-0.3, -0.25) is 9.36 Å². The number of aliphatic hydroxyl groups excluding tert-OH is 1. The van der Waals surface area contributed by atoms with Gasteiger partial charge in [0.05, 0.1) is 18.3 Å². The standard InChI is InChI=1S/C27H29ClF4N4O5S/c1-4-12-26(2,29)19-7-5-6-18(13-19)21(16-42(3,40)41)33-23(38)15-36-25(39)35(14-22(37)27(30,31)32)24(34-36)17-8-10-20(28)11-9-17/h4-11,13,21-22,37H,1,12,14-16H2,2-3H3,(H,33,38). The van der Waals surface area contributed by atoms with Crippen LogP contribution in [0.3, 0.4) is 0 Å². The molecule has 0 fully saturated rings. The molecule has 228 valence electrons. The van der Waals surface area contributed by atoms with E-state index in [4.69, 9.17) is 11.6 Å². The van der Waals surface area contributed by atoms with Crippen LogP contribution in [0.2, 0.25) is 5.02 Å². The first-order valence-electron chi connectivity index (χ1n) is 12.5. The number of hydrogen-bond acceptors (Lipinski definition) is 6. The van der Waals surface area contributed by atoms with Crippen molar-refractivity contribution in [1.29, 1.82) is 0 Å². The largest absolute Gasteiger partial charge is 0.416 e. The summed E-state index contributed by atoms with van der Waals surface area (Å²) in [4.78, 5) is 26.1. The number of aliphatic hydroxyl groups is 1. The lowest BCUT2D eigenvalue weighted by molar-refractivity contribution is -0.207. The summed E-state index contributed by atoms with van der Waals surface area (Å²) in [6.07, 6.45) is -5.62. The minimum Gasteiger partial charge on any atom is -0.382 e. The highest BCUT2D eigenvalue weighted by Crippen LogP contribution is 2.31. The number of halogens is 5. The average molecular weight is 633 g/mol. The Bertz CT molecular complexity index is 1600. The van der Waals surface area contributed by atoms with Crippen molar-refractivity contribution in [2.75, 3.05) is 12.0 Å². The van der Waals surface area contributed by atoms with Gasteiger partial charge in [-0.05, 0) is 42.3 Å². The van der Waals surface area contributed by atoms with Crippen molar-refractivity contribution >= 4 is 27.3 Å². The second kappa shape index (κ2) is 12.8. The summed E-state index contributed by atoms with van der Waals surface area (Å²) in [6.45, 7) is 2.87. The summed E-state index contributed by atoms with van der Waals surface area (Å²) in [7, 11) is -3.68. The predicted molar refractivity (Wildman–Crippen MR) is 149 cm³/mol. The van der Waals surface area contributed by atoms with Crippen LogP contribution in [0.5, 0.6) is 0 Å². The van der Waals surface area contributed by atoms with Crippen LogP contribution in [0.15, 0.2) is 66.0 Å². The molecule has 1 amide bonds. The highest BCUT2D eigenvalue weighted by atomic mass is 35.5. The van der Waals surface area contributed by atoms with Crippen LogP contribution in [0.1, 0.15) is 30.5 Å². The van der Waals surface area contributed by atoms with Crippen LogP contribution in [0.25, 0.3) is 11.4 Å². The Morgan fingerprint density at radius 2 is 1.83 bits per heavy atom. The maximum absolute atomic E-state index is 15.1. The van der Waals surface area contributed by atoms with Gasteiger partial charge in [0.2, 0.25) is 5.91 Å². The summed E-state index contributed by atoms with van der Waals surface area (Å²) in [5.74, 6) is -1.73. The summed E-state index contributed by atoms with van der Waals surface area (Å²) in [6, 6.07) is 10.4. The second-order valence-corrected chi connectivity index (χ2v) is 12.6. The van der Waals surface area contributed by atoms with Gasteiger partial charge in [0.1, 0.15) is 22.1 Å². The monoisotopic (exact) mass is 632 g/mol. The van der Waals surface area contributed by atoms with Crippen molar-refractivity contribution < 1.29 is 35.9 Å². The first kappa shape index (κ1) is 33.0. The topological polar surface area (TPSA) is 123 Å². The quantitative estimate of drug-likeness (QED) is 0.230. The van der Waals surface area contributed by atoms with E-state index in [-0.39, 0.29) is 28.9 Å². The number of hydrogen-bond donors (Lipinski definition) is 2. The molecule has 1 aromatic heterocycles. The molecule has 0 aliphatic heterocycles. The fourth-order valence-electron chi connectivity index (χ4n) is 4.17. The smallest absolute Gasteiger partial charge is 0.382 e. The Balaban J connectivity index is 1.96. The third-order valence-electron chi connectivity index (χ3n) is 6.28. The summed E-state index contributed by atoms with van der Waals surface area (Å²) in [5, 5.41) is 16.4. The third kappa shape index (κ3) is 8.52. The van der Waals surface area contributed by atoms with E-state index in [9.17, 15) is 36.3 Å². The van der Waals surface area contributed by atoms with E-state index < -0.39 is 64.3 Å². The third-order valence-corrected chi connectivity index (χ3v) is 7.47. The molecule has 0 aliphatic carbocycles. The number of carbonyl (C=O) groups is 1. The molecular weight excluding hydrogens is 604 g/mol. The number of benzene rings is 2. The second-order valence-electron chi connectivity index (χ2n) is 9.97. The highest BCUT2D eigenvalue weighted by Gasteiger charge is 2.39. The molecule has 3 rings (SSSR count). The first-order chi connectivity index (χ1) is 19.4. The molecular formula is C27H29ClF4N4O5S. The van der Waals surface area contributed by atoms with E-state index in [2.05, 4.69) is 17.0 Å². The minimum absolute atomic E-state index is 0.0237. The fourth-order valence-corrected chi connectivity index (χ4v) is 5.17. The predicted octanol–water partition coefficient (Wildman–Crippen LogP) is 3.95. The van der Waals surface area contributed by atoms with E-state index in [0.29, 0.717) is 14.3 Å². The zero-order chi connectivity index (χ0) is 31.5. The van der Waals surface area contributed by atoms with Crippen molar-refractivity contribution in [2.24, 2.45) is 0 Å². The zero-order valence-corrected chi connectivity index (χ0v) is 24.2. The number of alkyl halides is 4. The number of sulfone groups is 1. The summed E-state index contributed by atoms with van der Waals surface area (Å²) >= 11 is 5.88. The number of carbonyl (C=O) groups excluding carboxylic acids is 1. The lowest BCUT2D eigenvalue weighted by Crippen LogP contribution is -2.40. The number of nitrogens with zero attached hydrogens (tertiary/aromatic N) is 3. The molecule has 15 heteroatoms. The van der Waals surface area contributed by atoms with Gasteiger partial charge in [-0.25, -0.2) is 22.3 Å². The lowest BCUT2D eigenvalue weighted by Gasteiger charge is -2.23. The number of aromatic nitrogens is 3. The van der Waals surface area contributed by atoms with Crippen LogP contribution in [0, 0.1) is 0 Å². The van der Waals surface area contributed by atoms with E-state index in [1.165, 1.54) is 61.5 Å². The lowest BCUT2D eigenvalue weighted by atomic mass is 9.92. The molecule has 2 aromatic carbocycles. The highest BCUT2D eigenvalue weighted by molar-refractivity contribution is 7.90. The Labute approximate surface area is 244 Å². The van der Waals surface area contributed by atoms with Crippen LogP contribution in [0.4, 0.5) is 17.6 Å². The fraction of sp³-hybridized carbons (Fsp3) is 0.370. The Morgan fingerprint density at radius 3 is 2.40 bits per heavy atom. The van der Waals surface area contributed by atoms with Gasteiger partial charge in [0, 0.05) is 23.3 Å². The van der Waals surface area contributed by atoms with Gasteiger partial charge in [-0.1, -0.05) is 41.9 Å². The molecule has 3 atom stereocenters. The number of rotatable bonds is 12. The van der Waals surface area contributed by atoms with Crippen LogP contribution in [-0.4, -0.2) is 58.1 Å². The first-order valence-corrected chi connectivity index (χ1v) is 14.9. The van der Waals surface area contributed by atoms with E-state index in [1.54, 1.807) is 0 Å². The van der Waals surface area contributed by atoms with Gasteiger partial charge in [0.15, 0.2) is 11.9 Å². The van der Waals surface area contributed by atoms with Crippen LogP contribution >= 0.6 is 11.6 Å². The van der Waals surface area contributed by atoms with Gasteiger partial charge < -0.3 is 10.4 Å². The molecule has 1 heterocycles. The molecule has 0 radical (unpaired) electrons. The van der Waals surface area contributed by atoms with Crippen LogP contribution < -0.4 is 11.0 Å². The molecule has 0 aliphatic rings. The Morgan fingerprint density at radius 1 is 1.19 bits per heavy atom. The molecule has 3 unspecified atom stereocenters. The molecule has 2 N–H and O–H groups in total. The van der Waals surface area contributed by atoms with E-state index in [1.807, 2.05) is 0 Å². The van der Waals surface area contributed by atoms with Gasteiger partial charge in [-0.15, -0.1) is 11.7 Å². The normalized spacial score (nSPS) is 15.0. The van der Waals surface area contributed by atoms with Gasteiger partial charge in [0.25, 0.3) is 0 Å². The van der Waals surface area contributed by atoms with Crippen LogP contribution in [-0.2, 0) is 33.4 Å². The Kier molecular flexibility index (Phi) is 10.1. The number of nitrogens with one attached hydrogen (secondary N) is 1. The van der Waals surface area contributed by atoms with Crippen molar-refractivity contribution in [3.8, 4) is 11.4 Å². The Hall–Kier alpha value is -3.49. The van der Waals surface area contributed by atoms with E-state index >= 15 is 4.39 Å². The molecule has 42 heavy (non-hydrogen) atoms. The van der Waals surface area contributed by atoms with Gasteiger partial charge in [-0.2, -0.15) is 13.2 Å². The minimum atomic E-state index is -5.04. The molecule has 0 saturated carbocycles. The summed E-state index contributed by atoms with van der Waals surface area (Å²) < 4.78 is 80.0. The molecule has 9 nitrogen and oxygen atoms in total. The maximum atomic E-state index is 15.1. The molecule has 3 aromatic rings. The van der Waals surface area contributed by atoms with E-state index in [0.717, 1.165) is 6.26 Å². The molecule has 0 saturated heterocycles. The maximum Gasteiger partial charge on any atom is 0.416 e. The molecule has 0 spiro atoms. The summed E-state index contributed by atoms with van der Waals surface area (Å²) in [5.41, 5.74) is -2.27. The SMILES string of the molecule is C=CCC(C)(F)c1cccc(C(CS(C)(=O)=O)NC(=O)Cn2nc(-c3ccc(Cl)cc3)n(CC(O)C(F)(F)F)c2=O)c1. The average Bonchev–Trinajstić information content (AvgIpc) is 3.17. The van der Waals surface area contributed by atoms with Gasteiger partial charge >= 0.3 is 11.9 Å².